The second kappa shape index (κ2) is 6.16. The van der Waals surface area contributed by atoms with Gasteiger partial charge in [0.25, 0.3) is 0 Å². The van der Waals surface area contributed by atoms with Crippen molar-refractivity contribution in [1.82, 2.24) is 0 Å². The third kappa shape index (κ3) is 3.97. The number of nitrogens with one attached hydrogen (secondary N) is 1. The van der Waals surface area contributed by atoms with E-state index in [4.69, 9.17) is 0 Å². The first-order valence-electron chi connectivity index (χ1n) is 7.20. The normalized spacial score (nSPS) is 16.6. The number of aliphatic carboxylic acids is 1. The van der Waals surface area contributed by atoms with Gasteiger partial charge in [0.15, 0.2) is 0 Å². The molecule has 0 radical (unpaired) electrons. The van der Waals surface area contributed by atoms with Gasteiger partial charge in [-0.2, -0.15) is 0 Å². The molecule has 21 heavy (non-hydrogen) atoms. The second-order valence-electron chi connectivity index (χ2n) is 6.00. The number of benzene rings is 1. The smallest absolute Gasteiger partial charge is 0.225 e. The predicted molar refractivity (Wildman–Crippen MR) is 76.6 cm³/mol. The predicted octanol–water partition coefficient (Wildman–Crippen LogP) is 1.73. The molecular formula is C16H20NO4-. The van der Waals surface area contributed by atoms with Gasteiger partial charge in [0, 0.05) is 12.4 Å². The summed E-state index contributed by atoms with van der Waals surface area (Å²) in [7, 11) is 0. The molecule has 0 unspecified atom stereocenters. The average Bonchev–Trinajstić information content (AvgIpc) is 2.80. The Kier molecular flexibility index (Phi) is 4.50. The molecule has 2 N–H and O–H groups in total. The molecule has 0 spiro atoms. The molecule has 114 valence electrons. The van der Waals surface area contributed by atoms with Crippen LogP contribution in [0.5, 0.6) is 5.75 Å². The number of anilines is 1. The van der Waals surface area contributed by atoms with Crippen molar-refractivity contribution in [2.75, 3.05) is 5.32 Å². The lowest BCUT2D eigenvalue weighted by Crippen LogP contribution is -2.33. The van der Waals surface area contributed by atoms with Crippen LogP contribution in [0.2, 0.25) is 0 Å². The van der Waals surface area contributed by atoms with Gasteiger partial charge in [0.05, 0.1) is 5.69 Å². The van der Waals surface area contributed by atoms with E-state index in [1.54, 1.807) is 18.2 Å². The molecular weight excluding hydrogens is 270 g/mol. The molecule has 0 aliphatic heterocycles. The minimum absolute atomic E-state index is 0.0173. The number of phenolic OH excluding ortho intramolecular Hbond substituents is 1. The Morgan fingerprint density at radius 3 is 2.52 bits per heavy atom. The van der Waals surface area contributed by atoms with E-state index in [2.05, 4.69) is 5.32 Å². The van der Waals surface area contributed by atoms with Gasteiger partial charge < -0.3 is 20.3 Å². The van der Waals surface area contributed by atoms with Crippen molar-refractivity contribution in [3.63, 3.8) is 0 Å². The topological polar surface area (TPSA) is 89.5 Å². The molecule has 1 amide bonds. The Labute approximate surface area is 124 Å². The van der Waals surface area contributed by atoms with Crippen LogP contribution in [0.4, 0.5) is 5.69 Å². The second-order valence-corrected chi connectivity index (χ2v) is 6.00. The molecule has 2 rings (SSSR count). The van der Waals surface area contributed by atoms with Gasteiger partial charge in [-0.3, -0.25) is 4.79 Å². The number of amides is 1. The van der Waals surface area contributed by atoms with Crippen LogP contribution in [0.1, 0.15) is 44.1 Å². The van der Waals surface area contributed by atoms with Crippen LogP contribution in [0.15, 0.2) is 18.2 Å². The van der Waals surface area contributed by atoms with E-state index in [1.807, 2.05) is 6.92 Å². The molecule has 1 fully saturated rings. The van der Waals surface area contributed by atoms with Gasteiger partial charge in [0.2, 0.25) is 5.91 Å². The Morgan fingerprint density at radius 1 is 1.29 bits per heavy atom. The van der Waals surface area contributed by atoms with E-state index in [9.17, 15) is 19.8 Å². The van der Waals surface area contributed by atoms with Crippen LogP contribution in [-0.4, -0.2) is 17.0 Å². The summed E-state index contributed by atoms with van der Waals surface area (Å²) in [4.78, 5) is 23.1. The summed E-state index contributed by atoms with van der Waals surface area (Å²) in [6.45, 7) is 1.85. The number of rotatable bonds is 5. The minimum atomic E-state index is -1.11. The van der Waals surface area contributed by atoms with Crippen LogP contribution in [0.3, 0.4) is 0 Å². The Hall–Kier alpha value is -2.04. The Morgan fingerprint density at radius 2 is 1.95 bits per heavy atom. The standard InChI is InChI=1S/C16H21NO4/c1-11-4-5-12(13(18)8-11)17-14(19)9-16(10-15(20)21)6-2-3-7-16/h4-5,8,18H,2-3,6-7,9-10H2,1H3,(H,17,19)(H,20,21)/p-1. The van der Waals surface area contributed by atoms with E-state index in [0.29, 0.717) is 5.69 Å². The van der Waals surface area contributed by atoms with Crippen LogP contribution in [0.25, 0.3) is 0 Å². The molecule has 1 aromatic carbocycles. The van der Waals surface area contributed by atoms with E-state index in [0.717, 1.165) is 31.2 Å². The van der Waals surface area contributed by atoms with E-state index in [1.165, 1.54) is 0 Å². The zero-order valence-corrected chi connectivity index (χ0v) is 12.1. The van der Waals surface area contributed by atoms with Crippen LogP contribution < -0.4 is 10.4 Å². The van der Waals surface area contributed by atoms with Gasteiger partial charge in [-0.05, 0) is 49.3 Å². The van der Waals surface area contributed by atoms with E-state index < -0.39 is 11.4 Å². The molecule has 0 aromatic heterocycles. The van der Waals surface area contributed by atoms with Crippen LogP contribution in [-0.2, 0) is 9.59 Å². The number of aryl methyl sites for hydroxylation is 1. The monoisotopic (exact) mass is 290 g/mol. The SMILES string of the molecule is Cc1ccc(NC(=O)CC2(CC(=O)[O-])CCCC2)c(O)c1. The first kappa shape index (κ1) is 15.4. The molecule has 5 nitrogen and oxygen atoms in total. The highest BCUT2D eigenvalue weighted by atomic mass is 16.4. The number of carbonyl (C=O) groups is 2. The molecule has 0 saturated heterocycles. The first-order valence-corrected chi connectivity index (χ1v) is 7.20. The highest BCUT2D eigenvalue weighted by Gasteiger charge is 2.36. The number of carboxylic acids is 1. The van der Waals surface area contributed by atoms with Crippen molar-refractivity contribution >= 4 is 17.6 Å². The van der Waals surface area contributed by atoms with Crippen molar-refractivity contribution < 1.29 is 19.8 Å². The van der Waals surface area contributed by atoms with E-state index in [-0.39, 0.29) is 24.5 Å². The fourth-order valence-corrected chi connectivity index (χ4v) is 3.13. The molecule has 0 bridgehead atoms. The highest BCUT2D eigenvalue weighted by molar-refractivity contribution is 5.93. The molecule has 1 aliphatic carbocycles. The maximum absolute atomic E-state index is 12.2. The number of aromatic hydroxyl groups is 1. The molecule has 0 heterocycles. The van der Waals surface area contributed by atoms with Gasteiger partial charge in [0.1, 0.15) is 5.75 Å². The summed E-state index contributed by atoms with van der Waals surface area (Å²) < 4.78 is 0. The van der Waals surface area contributed by atoms with Crippen molar-refractivity contribution in [1.29, 1.82) is 0 Å². The largest absolute Gasteiger partial charge is 0.550 e. The third-order valence-electron chi connectivity index (χ3n) is 4.15. The number of hydrogen-bond donors (Lipinski definition) is 2. The Balaban J connectivity index is 2.04. The first-order chi connectivity index (χ1) is 9.90. The summed E-state index contributed by atoms with van der Waals surface area (Å²) in [5, 5.41) is 23.4. The zero-order chi connectivity index (χ0) is 15.5. The van der Waals surface area contributed by atoms with Crippen molar-refractivity contribution in [2.24, 2.45) is 5.41 Å². The maximum atomic E-state index is 12.2. The highest BCUT2D eigenvalue weighted by Crippen LogP contribution is 2.44. The van der Waals surface area contributed by atoms with E-state index >= 15 is 0 Å². The summed E-state index contributed by atoms with van der Waals surface area (Å²) in [6, 6.07) is 5.01. The van der Waals surface area contributed by atoms with Crippen molar-refractivity contribution in [2.45, 2.75) is 45.4 Å². The molecule has 1 aromatic rings. The van der Waals surface area contributed by atoms with Crippen molar-refractivity contribution in [3.05, 3.63) is 23.8 Å². The van der Waals surface area contributed by atoms with Crippen LogP contribution in [0, 0.1) is 12.3 Å². The number of hydrogen-bond acceptors (Lipinski definition) is 4. The van der Waals surface area contributed by atoms with Gasteiger partial charge >= 0.3 is 0 Å². The molecule has 1 saturated carbocycles. The zero-order valence-electron chi connectivity index (χ0n) is 12.1. The molecule has 1 aliphatic rings. The lowest BCUT2D eigenvalue weighted by Gasteiger charge is -2.28. The third-order valence-corrected chi connectivity index (χ3v) is 4.15. The molecule has 5 heteroatoms. The maximum Gasteiger partial charge on any atom is 0.225 e. The quantitative estimate of drug-likeness (QED) is 0.808. The summed E-state index contributed by atoms with van der Waals surface area (Å²) in [6.07, 6.45) is 3.41. The lowest BCUT2D eigenvalue weighted by atomic mass is 9.79. The number of phenols is 1. The number of carbonyl (C=O) groups excluding carboxylic acids is 2. The summed E-state index contributed by atoms with van der Waals surface area (Å²) >= 11 is 0. The fraction of sp³-hybridized carbons (Fsp3) is 0.500. The summed E-state index contributed by atoms with van der Waals surface area (Å²) in [5.41, 5.74) is 0.755. The fourth-order valence-electron chi connectivity index (χ4n) is 3.13. The van der Waals surface area contributed by atoms with Gasteiger partial charge in [-0.25, -0.2) is 0 Å². The van der Waals surface area contributed by atoms with Gasteiger partial charge in [-0.1, -0.05) is 18.9 Å². The summed E-state index contributed by atoms with van der Waals surface area (Å²) in [5.74, 6) is -1.36. The lowest BCUT2D eigenvalue weighted by molar-refractivity contribution is -0.308. The van der Waals surface area contributed by atoms with Crippen LogP contribution >= 0.6 is 0 Å². The minimum Gasteiger partial charge on any atom is -0.550 e. The molecule has 0 atom stereocenters. The Bertz CT molecular complexity index is 547. The number of carboxylic acid groups (broad SMARTS) is 1. The van der Waals surface area contributed by atoms with Crippen molar-refractivity contribution in [3.8, 4) is 5.75 Å². The van der Waals surface area contributed by atoms with Gasteiger partial charge in [-0.15, -0.1) is 0 Å². The average molecular weight is 290 g/mol.